The molecule has 0 bridgehead atoms. The summed E-state index contributed by atoms with van der Waals surface area (Å²) in [5.74, 6) is 0.194. The number of hydrogen-bond acceptors (Lipinski definition) is 4. The highest BCUT2D eigenvalue weighted by Gasteiger charge is 2.33. The molecule has 3 rings (SSSR count). The van der Waals surface area contributed by atoms with E-state index in [0.717, 1.165) is 24.5 Å². The predicted octanol–water partition coefficient (Wildman–Crippen LogP) is 4.44. The maximum atomic E-state index is 12.6. The standard InChI is InChI=1S/C19H21F4N3O/c20-7-11-27-18(15-2-1-8-24-12-15)14-5-9-26(10-6-14)16-3-4-17(25-13-16)19(21,22)23/h1-4,8,12-14,18H,5-7,9-11H2. The Labute approximate surface area is 155 Å². The summed E-state index contributed by atoms with van der Waals surface area (Å²) in [6.45, 7) is 0.830. The lowest BCUT2D eigenvalue weighted by Gasteiger charge is -2.37. The fourth-order valence-electron chi connectivity index (χ4n) is 3.42. The lowest BCUT2D eigenvalue weighted by molar-refractivity contribution is -0.141. The van der Waals surface area contributed by atoms with Crippen LogP contribution in [0.4, 0.5) is 23.2 Å². The highest BCUT2D eigenvalue weighted by molar-refractivity contribution is 5.45. The van der Waals surface area contributed by atoms with Gasteiger partial charge in [-0.2, -0.15) is 13.2 Å². The maximum absolute atomic E-state index is 12.6. The fourth-order valence-corrected chi connectivity index (χ4v) is 3.42. The van der Waals surface area contributed by atoms with Gasteiger partial charge in [-0.3, -0.25) is 4.98 Å². The average molecular weight is 383 g/mol. The first kappa shape index (κ1) is 19.5. The summed E-state index contributed by atoms with van der Waals surface area (Å²) < 4.78 is 56.3. The molecule has 2 aromatic rings. The Balaban J connectivity index is 1.64. The van der Waals surface area contributed by atoms with Gasteiger partial charge in [0.2, 0.25) is 0 Å². The third-order valence-corrected chi connectivity index (χ3v) is 4.76. The Morgan fingerprint density at radius 3 is 2.48 bits per heavy atom. The summed E-state index contributed by atoms with van der Waals surface area (Å²) in [6, 6.07) is 6.20. The van der Waals surface area contributed by atoms with Gasteiger partial charge in [-0.05, 0) is 42.5 Å². The number of alkyl halides is 4. The Morgan fingerprint density at radius 2 is 1.93 bits per heavy atom. The van der Waals surface area contributed by atoms with Crippen LogP contribution >= 0.6 is 0 Å². The smallest absolute Gasteiger partial charge is 0.370 e. The number of ether oxygens (including phenoxy) is 1. The minimum absolute atomic E-state index is 0.0304. The molecule has 4 nitrogen and oxygen atoms in total. The second-order valence-corrected chi connectivity index (χ2v) is 6.49. The molecular formula is C19H21F4N3O. The van der Waals surface area contributed by atoms with Gasteiger partial charge in [-0.1, -0.05) is 6.07 Å². The fraction of sp³-hybridized carbons (Fsp3) is 0.474. The molecule has 0 aliphatic carbocycles. The summed E-state index contributed by atoms with van der Waals surface area (Å²) in [4.78, 5) is 9.65. The molecule has 0 radical (unpaired) electrons. The third-order valence-electron chi connectivity index (χ3n) is 4.76. The van der Waals surface area contributed by atoms with E-state index < -0.39 is 18.5 Å². The molecule has 0 amide bonds. The maximum Gasteiger partial charge on any atom is 0.433 e. The molecule has 3 heterocycles. The van der Waals surface area contributed by atoms with Gasteiger partial charge in [0.15, 0.2) is 0 Å². The summed E-state index contributed by atoms with van der Waals surface area (Å²) in [7, 11) is 0. The van der Waals surface area contributed by atoms with E-state index in [-0.39, 0.29) is 18.6 Å². The number of hydrogen-bond donors (Lipinski definition) is 0. The van der Waals surface area contributed by atoms with E-state index in [9.17, 15) is 17.6 Å². The van der Waals surface area contributed by atoms with Crippen LogP contribution in [-0.2, 0) is 10.9 Å². The van der Waals surface area contributed by atoms with Crippen LogP contribution in [-0.4, -0.2) is 36.3 Å². The minimum atomic E-state index is -4.43. The first-order valence-corrected chi connectivity index (χ1v) is 8.84. The third kappa shape index (κ3) is 4.94. The summed E-state index contributed by atoms with van der Waals surface area (Å²) in [6.07, 6.45) is 1.57. The number of pyridine rings is 2. The number of anilines is 1. The van der Waals surface area contributed by atoms with Crippen molar-refractivity contribution in [2.24, 2.45) is 5.92 Å². The van der Waals surface area contributed by atoms with Crippen molar-refractivity contribution in [2.75, 3.05) is 31.3 Å². The molecule has 1 saturated heterocycles. The molecule has 0 N–H and O–H groups in total. The molecule has 27 heavy (non-hydrogen) atoms. The topological polar surface area (TPSA) is 38.2 Å². The second kappa shape index (κ2) is 8.65. The van der Waals surface area contributed by atoms with E-state index in [1.165, 1.54) is 12.3 Å². The van der Waals surface area contributed by atoms with Crippen LogP contribution in [0.5, 0.6) is 0 Å². The van der Waals surface area contributed by atoms with Gasteiger partial charge in [-0.15, -0.1) is 0 Å². The molecule has 1 fully saturated rings. The van der Waals surface area contributed by atoms with Crippen molar-refractivity contribution in [3.8, 4) is 0 Å². The zero-order chi connectivity index (χ0) is 19.3. The summed E-state index contributed by atoms with van der Waals surface area (Å²) in [5, 5.41) is 0. The van der Waals surface area contributed by atoms with Crippen LogP contribution < -0.4 is 4.90 Å². The van der Waals surface area contributed by atoms with Gasteiger partial charge in [0.05, 0.1) is 24.6 Å². The monoisotopic (exact) mass is 383 g/mol. The van der Waals surface area contributed by atoms with Gasteiger partial charge in [-0.25, -0.2) is 9.37 Å². The molecule has 0 saturated carbocycles. The van der Waals surface area contributed by atoms with Crippen molar-refractivity contribution < 1.29 is 22.3 Å². The Kier molecular flexibility index (Phi) is 6.26. The van der Waals surface area contributed by atoms with Crippen molar-refractivity contribution >= 4 is 5.69 Å². The lowest BCUT2D eigenvalue weighted by atomic mass is 9.87. The number of aromatic nitrogens is 2. The Hall–Kier alpha value is -2.22. The van der Waals surface area contributed by atoms with Gasteiger partial charge in [0.1, 0.15) is 12.4 Å². The van der Waals surface area contributed by atoms with Crippen LogP contribution in [0.2, 0.25) is 0 Å². The van der Waals surface area contributed by atoms with E-state index in [0.29, 0.717) is 18.8 Å². The van der Waals surface area contributed by atoms with E-state index in [2.05, 4.69) is 9.97 Å². The largest absolute Gasteiger partial charge is 0.433 e. The zero-order valence-electron chi connectivity index (χ0n) is 14.7. The molecular weight excluding hydrogens is 362 g/mol. The van der Waals surface area contributed by atoms with E-state index in [4.69, 9.17) is 4.74 Å². The van der Waals surface area contributed by atoms with Crippen molar-refractivity contribution in [3.05, 3.63) is 54.1 Å². The number of nitrogens with zero attached hydrogens (tertiary/aromatic N) is 3. The van der Waals surface area contributed by atoms with Crippen molar-refractivity contribution in [2.45, 2.75) is 25.1 Å². The van der Waals surface area contributed by atoms with Crippen LogP contribution in [0.25, 0.3) is 0 Å². The van der Waals surface area contributed by atoms with Crippen LogP contribution in [0.15, 0.2) is 42.9 Å². The normalized spacial score (nSPS) is 17.1. The molecule has 2 aromatic heterocycles. The molecule has 8 heteroatoms. The van der Waals surface area contributed by atoms with E-state index in [1.54, 1.807) is 12.4 Å². The summed E-state index contributed by atoms with van der Waals surface area (Å²) in [5.41, 5.74) is 0.696. The summed E-state index contributed by atoms with van der Waals surface area (Å²) >= 11 is 0. The number of halogens is 4. The van der Waals surface area contributed by atoms with Crippen molar-refractivity contribution in [1.29, 1.82) is 0 Å². The lowest BCUT2D eigenvalue weighted by Crippen LogP contribution is -2.36. The molecule has 0 spiro atoms. The molecule has 1 aliphatic heterocycles. The first-order chi connectivity index (χ1) is 13.0. The molecule has 1 unspecified atom stereocenters. The van der Waals surface area contributed by atoms with Crippen molar-refractivity contribution in [1.82, 2.24) is 9.97 Å². The van der Waals surface area contributed by atoms with Crippen LogP contribution in [0.3, 0.4) is 0 Å². The molecule has 1 atom stereocenters. The molecule has 146 valence electrons. The predicted molar refractivity (Wildman–Crippen MR) is 93.1 cm³/mol. The quantitative estimate of drug-likeness (QED) is 0.692. The molecule has 1 aliphatic rings. The van der Waals surface area contributed by atoms with Crippen LogP contribution in [0.1, 0.15) is 30.2 Å². The first-order valence-electron chi connectivity index (χ1n) is 8.84. The Morgan fingerprint density at radius 1 is 1.15 bits per heavy atom. The van der Waals surface area contributed by atoms with Crippen molar-refractivity contribution in [3.63, 3.8) is 0 Å². The Bertz CT molecular complexity index is 701. The van der Waals surface area contributed by atoms with Gasteiger partial charge < -0.3 is 9.64 Å². The van der Waals surface area contributed by atoms with E-state index >= 15 is 0 Å². The molecule has 0 aromatic carbocycles. The second-order valence-electron chi connectivity index (χ2n) is 6.49. The van der Waals surface area contributed by atoms with Gasteiger partial charge in [0.25, 0.3) is 0 Å². The number of piperidine rings is 1. The van der Waals surface area contributed by atoms with Gasteiger partial charge in [0, 0.05) is 25.5 Å². The van der Waals surface area contributed by atoms with E-state index in [1.807, 2.05) is 17.0 Å². The van der Waals surface area contributed by atoms with Crippen LogP contribution in [0, 0.1) is 5.92 Å². The SMILES string of the molecule is FCCOC(c1cccnc1)C1CCN(c2ccc(C(F)(F)F)nc2)CC1. The highest BCUT2D eigenvalue weighted by atomic mass is 19.4. The minimum Gasteiger partial charge on any atom is -0.370 e. The zero-order valence-corrected chi connectivity index (χ0v) is 14.7. The highest BCUT2D eigenvalue weighted by Crippen LogP contribution is 2.35. The number of rotatable bonds is 6. The average Bonchev–Trinajstić information content (AvgIpc) is 2.69. The van der Waals surface area contributed by atoms with Gasteiger partial charge >= 0.3 is 6.18 Å².